The number of aliphatic hydroxyl groups excluding tert-OH is 1. The molecule has 0 unspecified atom stereocenters. The molecule has 0 spiro atoms. The molecule has 1 N–H and O–H groups in total. The average Bonchev–Trinajstić information content (AvgIpc) is 2.61. The Labute approximate surface area is 139 Å². The molecule has 2 aliphatic rings. The molecule has 0 aromatic heterocycles. The summed E-state index contributed by atoms with van der Waals surface area (Å²) >= 11 is 0. The molecule has 2 fully saturated rings. The number of hydrogen-bond donors (Lipinski definition) is 1. The largest absolute Gasteiger partial charge is 0.395 e. The van der Waals surface area contributed by atoms with Gasteiger partial charge >= 0.3 is 0 Å². The molecule has 0 radical (unpaired) electrons. The number of aliphatic hydroxyl groups is 1. The highest BCUT2D eigenvalue weighted by Gasteiger charge is 2.25. The third-order valence-corrected chi connectivity index (χ3v) is 5.61. The van der Waals surface area contributed by atoms with Gasteiger partial charge in [-0.3, -0.25) is 0 Å². The zero-order chi connectivity index (χ0) is 16.2. The lowest BCUT2D eigenvalue weighted by atomic mass is 9.89. The molecule has 0 amide bonds. The highest BCUT2D eigenvalue weighted by atomic mass is 16.3. The second-order valence-corrected chi connectivity index (χ2v) is 7.00. The summed E-state index contributed by atoms with van der Waals surface area (Å²) in [7, 11) is 2.38. The van der Waals surface area contributed by atoms with Gasteiger partial charge in [0.15, 0.2) is 0 Å². The fourth-order valence-electron chi connectivity index (χ4n) is 3.96. The Bertz CT molecular complexity index is 226. The lowest BCUT2D eigenvalue weighted by Crippen LogP contribution is -2.42. The summed E-state index contributed by atoms with van der Waals surface area (Å²) in [5, 5.41) is 8.46. The minimum absolute atomic E-state index is 0.279. The molecule has 0 saturated heterocycles. The molecule has 132 valence electrons. The van der Waals surface area contributed by atoms with Crippen LogP contribution in [0.1, 0.15) is 78.1 Å². The van der Waals surface area contributed by atoms with Crippen LogP contribution < -0.4 is 0 Å². The van der Waals surface area contributed by atoms with Gasteiger partial charge in [-0.2, -0.15) is 0 Å². The highest BCUT2D eigenvalue weighted by molar-refractivity contribution is 4.81. The van der Waals surface area contributed by atoms with Gasteiger partial charge in [-0.15, -0.1) is 0 Å². The lowest BCUT2D eigenvalue weighted by Gasteiger charge is -2.39. The van der Waals surface area contributed by atoms with Crippen LogP contribution in [-0.2, 0) is 0 Å². The van der Waals surface area contributed by atoms with Crippen LogP contribution in [0.4, 0.5) is 0 Å². The van der Waals surface area contributed by atoms with Crippen molar-refractivity contribution in [2.45, 2.75) is 90.1 Å². The van der Waals surface area contributed by atoms with Gasteiger partial charge in [0.05, 0.1) is 6.61 Å². The maximum absolute atomic E-state index is 8.46. The van der Waals surface area contributed by atoms with Crippen molar-refractivity contribution >= 4 is 0 Å². The first-order valence-corrected chi connectivity index (χ1v) is 9.78. The van der Waals surface area contributed by atoms with Gasteiger partial charge in [-0.25, -0.2) is 0 Å². The maximum atomic E-state index is 8.46. The van der Waals surface area contributed by atoms with Crippen LogP contribution >= 0.6 is 0 Å². The zero-order valence-corrected chi connectivity index (χ0v) is 15.4. The number of hydrogen-bond acceptors (Lipinski definition) is 3. The molecular formula is C19H40N2O. The molecule has 0 aromatic carbocycles. The predicted molar refractivity (Wildman–Crippen MR) is 96.4 cm³/mol. The summed E-state index contributed by atoms with van der Waals surface area (Å²) in [4.78, 5) is 4.90. The smallest absolute Gasteiger partial charge is 0.0558 e. The molecule has 3 heteroatoms. The van der Waals surface area contributed by atoms with Crippen molar-refractivity contribution in [1.82, 2.24) is 9.80 Å². The molecule has 0 heterocycles. The van der Waals surface area contributed by atoms with Crippen molar-refractivity contribution < 1.29 is 5.11 Å². The van der Waals surface area contributed by atoms with E-state index in [1.165, 1.54) is 64.2 Å². The predicted octanol–water partition coefficient (Wildman–Crippen LogP) is 3.90. The Morgan fingerprint density at radius 3 is 1.45 bits per heavy atom. The van der Waals surface area contributed by atoms with Crippen LogP contribution in [0, 0.1) is 0 Å². The van der Waals surface area contributed by atoms with Crippen LogP contribution in [0.15, 0.2) is 0 Å². The quantitative estimate of drug-likeness (QED) is 0.805. The second-order valence-electron chi connectivity index (χ2n) is 7.00. The standard InChI is InChI=1S/C13H25N.C6H15NO/c1-14(12-8-4-2-5-9-12)13-10-6-3-7-11-13;1-3-7(4-2)5-6-8/h12-13H,2-11H2,1H3;8H,3-6H2,1-2H3. The average molecular weight is 313 g/mol. The molecule has 0 atom stereocenters. The van der Waals surface area contributed by atoms with E-state index >= 15 is 0 Å². The molecular weight excluding hydrogens is 272 g/mol. The molecule has 3 nitrogen and oxygen atoms in total. The Hall–Kier alpha value is -0.120. The van der Waals surface area contributed by atoms with E-state index in [4.69, 9.17) is 5.11 Å². The van der Waals surface area contributed by atoms with Crippen molar-refractivity contribution in [2.24, 2.45) is 0 Å². The minimum Gasteiger partial charge on any atom is -0.395 e. The van der Waals surface area contributed by atoms with Gasteiger partial charge in [-0.05, 0) is 45.8 Å². The zero-order valence-electron chi connectivity index (χ0n) is 15.4. The summed E-state index contributed by atoms with van der Waals surface area (Å²) in [6, 6.07) is 1.85. The molecule has 0 aliphatic heterocycles. The van der Waals surface area contributed by atoms with Crippen LogP contribution in [0.5, 0.6) is 0 Å². The molecule has 2 rings (SSSR count). The van der Waals surface area contributed by atoms with Crippen molar-refractivity contribution in [1.29, 1.82) is 0 Å². The third-order valence-electron chi connectivity index (χ3n) is 5.61. The van der Waals surface area contributed by atoms with Crippen molar-refractivity contribution in [3.8, 4) is 0 Å². The Morgan fingerprint density at radius 2 is 1.18 bits per heavy atom. The van der Waals surface area contributed by atoms with Crippen LogP contribution in [0.3, 0.4) is 0 Å². The Morgan fingerprint density at radius 1 is 0.773 bits per heavy atom. The fraction of sp³-hybridized carbons (Fsp3) is 1.00. The van der Waals surface area contributed by atoms with E-state index < -0.39 is 0 Å². The van der Waals surface area contributed by atoms with Gasteiger partial charge in [0, 0.05) is 18.6 Å². The first-order chi connectivity index (χ1) is 10.7. The molecule has 2 aliphatic carbocycles. The maximum Gasteiger partial charge on any atom is 0.0558 e. The first-order valence-electron chi connectivity index (χ1n) is 9.78. The lowest BCUT2D eigenvalue weighted by molar-refractivity contribution is 0.111. The van der Waals surface area contributed by atoms with E-state index in [2.05, 4.69) is 30.7 Å². The summed E-state index contributed by atoms with van der Waals surface area (Å²) in [5.41, 5.74) is 0. The molecule has 0 aromatic rings. The summed E-state index contributed by atoms with van der Waals surface area (Å²) < 4.78 is 0. The van der Waals surface area contributed by atoms with E-state index in [-0.39, 0.29) is 6.61 Å². The van der Waals surface area contributed by atoms with Crippen LogP contribution in [0.2, 0.25) is 0 Å². The molecule has 2 saturated carbocycles. The molecule has 22 heavy (non-hydrogen) atoms. The van der Waals surface area contributed by atoms with Gasteiger partial charge in [0.2, 0.25) is 0 Å². The van der Waals surface area contributed by atoms with E-state index in [0.29, 0.717) is 0 Å². The van der Waals surface area contributed by atoms with Gasteiger partial charge < -0.3 is 14.9 Å². The SMILES string of the molecule is CCN(CC)CCO.CN(C1CCCCC1)C1CCCCC1. The van der Waals surface area contributed by atoms with Crippen molar-refractivity contribution in [3.05, 3.63) is 0 Å². The van der Waals surface area contributed by atoms with Crippen molar-refractivity contribution in [2.75, 3.05) is 33.3 Å². The minimum atomic E-state index is 0.279. The Kier molecular flexibility index (Phi) is 11.2. The number of likely N-dealkylation sites (N-methyl/N-ethyl adjacent to an activating group) is 1. The van der Waals surface area contributed by atoms with Crippen LogP contribution in [0.25, 0.3) is 0 Å². The van der Waals surface area contributed by atoms with E-state index in [1.807, 2.05) is 0 Å². The normalized spacial score (nSPS) is 21.0. The topological polar surface area (TPSA) is 26.7 Å². The number of nitrogens with zero attached hydrogens (tertiary/aromatic N) is 2. The highest BCUT2D eigenvalue weighted by Crippen LogP contribution is 2.28. The monoisotopic (exact) mass is 312 g/mol. The molecule has 0 bridgehead atoms. The van der Waals surface area contributed by atoms with E-state index in [0.717, 1.165) is 31.7 Å². The first kappa shape index (κ1) is 19.9. The van der Waals surface area contributed by atoms with E-state index in [9.17, 15) is 0 Å². The summed E-state index contributed by atoms with van der Waals surface area (Å²) in [5.74, 6) is 0. The number of rotatable bonds is 6. The van der Waals surface area contributed by atoms with Crippen LogP contribution in [-0.4, -0.2) is 60.3 Å². The van der Waals surface area contributed by atoms with Gasteiger partial charge in [0.25, 0.3) is 0 Å². The van der Waals surface area contributed by atoms with Gasteiger partial charge in [-0.1, -0.05) is 52.4 Å². The second kappa shape index (κ2) is 12.3. The van der Waals surface area contributed by atoms with Crippen molar-refractivity contribution in [3.63, 3.8) is 0 Å². The third kappa shape index (κ3) is 7.43. The summed E-state index contributed by atoms with van der Waals surface area (Å²) in [6.07, 6.45) is 14.7. The Balaban J connectivity index is 0.000000261. The summed E-state index contributed by atoms with van der Waals surface area (Å²) in [6.45, 7) is 7.36. The van der Waals surface area contributed by atoms with Gasteiger partial charge in [0.1, 0.15) is 0 Å². The van der Waals surface area contributed by atoms with E-state index in [1.54, 1.807) is 0 Å². The fourth-order valence-corrected chi connectivity index (χ4v) is 3.96.